The van der Waals surface area contributed by atoms with E-state index in [1.54, 1.807) is 6.20 Å². The van der Waals surface area contributed by atoms with E-state index in [1.807, 2.05) is 36.4 Å². The van der Waals surface area contributed by atoms with Gasteiger partial charge in [-0.3, -0.25) is 9.88 Å². The van der Waals surface area contributed by atoms with Crippen molar-refractivity contribution in [2.75, 3.05) is 31.1 Å². The minimum absolute atomic E-state index is 0.190. The minimum atomic E-state index is 0.190. The SMILES string of the molecule is Oc1c(Br)cc(CN2CCN(c3cccc(Cl)c3Cl)CC2)c2cccnc12. The Kier molecular flexibility index (Phi) is 5.46. The quantitative estimate of drug-likeness (QED) is 0.566. The molecule has 0 atom stereocenters. The van der Waals surface area contributed by atoms with Gasteiger partial charge < -0.3 is 10.0 Å². The number of anilines is 1. The first-order valence-electron chi connectivity index (χ1n) is 8.71. The van der Waals surface area contributed by atoms with E-state index in [4.69, 9.17) is 23.2 Å². The lowest BCUT2D eigenvalue weighted by Crippen LogP contribution is -2.46. The third-order valence-electron chi connectivity index (χ3n) is 4.94. The second kappa shape index (κ2) is 7.84. The van der Waals surface area contributed by atoms with E-state index < -0.39 is 0 Å². The fourth-order valence-electron chi connectivity index (χ4n) is 3.52. The van der Waals surface area contributed by atoms with Gasteiger partial charge in [-0.05, 0) is 45.8 Å². The maximum absolute atomic E-state index is 10.2. The number of aromatic nitrogens is 1. The molecule has 1 fully saturated rings. The Morgan fingerprint density at radius 2 is 1.85 bits per heavy atom. The molecular formula is C20H18BrCl2N3O. The monoisotopic (exact) mass is 465 g/mol. The summed E-state index contributed by atoms with van der Waals surface area (Å²) >= 11 is 16.0. The molecule has 0 aliphatic carbocycles. The first-order valence-corrected chi connectivity index (χ1v) is 10.3. The standard InChI is InChI=1S/C20H18BrCl2N3O/c21-15-11-13(14-3-2-6-24-19(14)20(15)27)12-25-7-9-26(10-8-25)17-5-1-4-16(22)18(17)23/h1-6,11,27H,7-10,12H2. The predicted molar refractivity (Wildman–Crippen MR) is 115 cm³/mol. The van der Waals surface area contributed by atoms with Gasteiger partial charge in [-0.25, -0.2) is 0 Å². The van der Waals surface area contributed by atoms with Crippen molar-refractivity contribution in [3.8, 4) is 5.75 Å². The molecule has 4 nitrogen and oxygen atoms in total. The summed E-state index contributed by atoms with van der Waals surface area (Å²) < 4.78 is 0.674. The van der Waals surface area contributed by atoms with Gasteiger partial charge in [0.25, 0.3) is 0 Å². The van der Waals surface area contributed by atoms with Crippen LogP contribution in [0, 0.1) is 0 Å². The molecule has 0 amide bonds. The van der Waals surface area contributed by atoms with E-state index in [1.165, 1.54) is 0 Å². The minimum Gasteiger partial charge on any atom is -0.505 e. The lowest BCUT2D eigenvalue weighted by Gasteiger charge is -2.36. The number of phenolic OH excluding ortho intramolecular Hbond substituents is 1. The number of benzene rings is 2. The number of halogens is 3. The number of aromatic hydroxyl groups is 1. The lowest BCUT2D eigenvalue weighted by molar-refractivity contribution is 0.250. The molecule has 0 unspecified atom stereocenters. The largest absolute Gasteiger partial charge is 0.505 e. The van der Waals surface area contributed by atoms with Crippen LogP contribution in [0.25, 0.3) is 10.9 Å². The summed E-state index contributed by atoms with van der Waals surface area (Å²) in [6.07, 6.45) is 1.70. The van der Waals surface area contributed by atoms with Crippen molar-refractivity contribution in [2.24, 2.45) is 0 Å². The number of piperazine rings is 1. The Labute approximate surface area is 176 Å². The van der Waals surface area contributed by atoms with E-state index in [9.17, 15) is 5.11 Å². The number of nitrogens with zero attached hydrogens (tertiary/aromatic N) is 3. The Balaban J connectivity index is 1.51. The Hall–Kier alpha value is -1.53. The highest BCUT2D eigenvalue weighted by atomic mass is 79.9. The molecule has 1 aliphatic rings. The zero-order valence-electron chi connectivity index (χ0n) is 14.5. The number of hydrogen-bond acceptors (Lipinski definition) is 4. The maximum Gasteiger partial charge on any atom is 0.156 e. The molecule has 140 valence electrons. The summed E-state index contributed by atoms with van der Waals surface area (Å²) in [4.78, 5) is 9.01. The molecule has 7 heteroatoms. The van der Waals surface area contributed by atoms with Gasteiger partial charge in [0.2, 0.25) is 0 Å². The fourth-order valence-corrected chi connectivity index (χ4v) is 4.40. The highest BCUT2D eigenvalue weighted by molar-refractivity contribution is 9.10. The van der Waals surface area contributed by atoms with Crippen molar-refractivity contribution in [1.29, 1.82) is 0 Å². The summed E-state index contributed by atoms with van der Waals surface area (Å²) in [6, 6.07) is 11.7. The van der Waals surface area contributed by atoms with Crippen LogP contribution in [-0.2, 0) is 6.54 Å². The van der Waals surface area contributed by atoms with Gasteiger partial charge >= 0.3 is 0 Å². The molecule has 0 saturated carbocycles. The van der Waals surface area contributed by atoms with E-state index in [0.717, 1.165) is 49.4 Å². The van der Waals surface area contributed by atoms with Crippen LogP contribution in [-0.4, -0.2) is 41.2 Å². The van der Waals surface area contributed by atoms with Crippen molar-refractivity contribution in [2.45, 2.75) is 6.54 Å². The van der Waals surface area contributed by atoms with Crippen LogP contribution in [0.5, 0.6) is 5.75 Å². The molecule has 2 aromatic carbocycles. The van der Waals surface area contributed by atoms with Gasteiger partial charge in [-0.15, -0.1) is 0 Å². The Bertz CT molecular complexity index is 990. The lowest BCUT2D eigenvalue weighted by atomic mass is 10.1. The smallest absolute Gasteiger partial charge is 0.156 e. The Morgan fingerprint density at radius 1 is 1.07 bits per heavy atom. The zero-order chi connectivity index (χ0) is 19.0. The molecular weight excluding hydrogens is 449 g/mol. The average Bonchev–Trinajstić information content (AvgIpc) is 2.69. The first-order chi connectivity index (χ1) is 13.0. The van der Waals surface area contributed by atoms with Crippen molar-refractivity contribution >= 4 is 55.7 Å². The number of pyridine rings is 1. The average molecular weight is 467 g/mol. The maximum atomic E-state index is 10.2. The number of fused-ring (bicyclic) bond motifs is 1. The second-order valence-corrected chi connectivity index (χ2v) is 8.24. The van der Waals surface area contributed by atoms with Crippen LogP contribution >= 0.6 is 39.1 Å². The van der Waals surface area contributed by atoms with E-state index >= 15 is 0 Å². The normalized spacial score (nSPS) is 15.4. The van der Waals surface area contributed by atoms with Crippen molar-refractivity contribution in [1.82, 2.24) is 9.88 Å². The molecule has 1 aliphatic heterocycles. The van der Waals surface area contributed by atoms with E-state index in [2.05, 4.69) is 30.7 Å². The van der Waals surface area contributed by atoms with Gasteiger partial charge in [0.1, 0.15) is 5.52 Å². The topological polar surface area (TPSA) is 39.6 Å². The van der Waals surface area contributed by atoms with Crippen LogP contribution < -0.4 is 4.90 Å². The highest BCUT2D eigenvalue weighted by Gasteiger charge is 2.21. The molecule has 1 N–H and O–H groups in total. The van der Waals surface area contributed by atoms with Crippen molar-refractivity contribution in [3.05, 3.63) is 62.7 Å². The second-order valence-electron chi connectivity index (χ2n) is 6.60. The molecule has 27 heavy (non-hydrogen) atoms. The van der Waals surface area contributed by atoms with Gasteiger partial charge in [-0.2, -0.15) is 0 Å². The highest BCUT2D eigenvalue weighted by Crippen LogP contribution is 2.35. The van der Waals surface area contributed by atoms with Crippen LogP contribution in [0.3, 0.4) is 0 Å². The third kappa shape index (κ3) is 3.74. The zero-order valence-corrected chi connectivity index (χ0v) is 17.6. The number of phenols is 1. The van der Waals surface area contributed by atoms with Crippen molar-refractivity contribution in [3.63, 3.8) is 0 Å². The van der Waals surface area contributed by atoms with E-state index in [0.29, 0.717) is 20.0 Å². The first kappa shape index (κ1) is 18.8. The Morgan fingerprint density at radius 3 is 2.63 bits per heavy atom. The van der Waals surface area contributed by atoms with Crippen LogP contribution in [0.1, 0.15) is 5.56 Å². The van der Waals surface area contributed by atoms with Gasteiger partial charge in [0, 0.05) is 44.3 Å². The number of hydrogen-bond donors (Lipinski definition) is 1. The molecule has 1 saturated heterocycles. The molecule has 4 rings (SSSR count). The van der Waals surface area contributed by atoms with Gasteiger partial charge in [0.15, 0.2) is 5.75 Å². The molecule has 0 bridgehead atoms. The molecule has 3 aromatic rings. The molecule has 1 aromatic heterocycles. The fraction of sp³-hybridized carbons (Fsp3) is 0.250. The molecule has 2 heterocycles. The molecule has 0 radical (unpaired) electrons. The van der Waals surface area contributed by atoms with Crippen LogP contribution in [0.2, 0.25) is 10.0 Å². The summed E-state index contributed by atoms with van der Waals surface area (Å²) in [5.74, 6) is 0.190. The predicted octanol–water partition coefficient (Wildman–Crippen LogP) is 5.33. The van der Waals surface area contributed by atoms with Crippen LogP contribution in [0.15, 0.2) is 47.1 Å². The van der Waals surface area contributed by atoms with Gasteiger partial charge in [-0.1, -0.05) is 35.3 Å². The number of rotatable bonds is 3. The third-order valence-corrected chi connectivity index (χ3v) is 6.36. The molecule has 0 spiro atoms. The van der Waals surface area contributed by atoms with E-state index in [-0.39, 0.29) is 5.75 Å². The summed E-state index contributed by atoms with van der Waals surface area (Å²) in [5, 5.41) is 12.4. The van der Waals surface area contributed by atoms with Crippen molar-refractivity contribution < 1.29 is 5.11 Å². The van der Waals surface area contributed by atoms with Gasteiger partial charge in [0.05, 0.1) is 20.2 Å². The summed E-state index contributed by atoms with van der Waals surface area (Å²) in [6.45, 7) is 4.41. The van der Waals surface area contributed by atoms with Crippen LogP contribution in [0.4, 0.5) is 5.69 Å². The summed E-state index contributed by atoms with van der Waals surface area (Å²) in [7, 11) is 0. The summed E-state index contributed by atoms with van der Waals surface area (Å²) in [5.41, 5.74) is 2.77.